The smallest absolute Gasteiger partial charge is 0.117 e. The van der Waals surface area contributed by atoms with E-state index in [9.17, 15) is 5.11 Å². The van der Waals surface area contributed by atoms with E-state index in [2.05, 4.69) is 16.1 Å². The van der Waals surface area contributed by atoms with Crippen LogP contribution in [-0.4, -0.2) is 28.1 Å². The lowest BCUT2D eigenvalue weighted by Gasteiger charge is -2.26. The number of piperidine rings is 1. The minimum atomic E-state index is 0.323. The van der Waals surface area contributed by atoms with E-state index in [-0.39, 0.29) is 0 Å². The molecular weight excluding hydrogens is 212 g/mol. The van der Waals surface area contributed by atoms with E-state index < -0.39 is 0 Å². The summed E-state index contributed by atoms with van der Waals surface area (Å²) in [7, 11) is 0. The van der Waals surface area contributed by atoms with Crippen LogP contribution in [0, 0.1) is 0 Å². The molecule has 1 aromatic heterocycles. The van der Waals surface area contributed by atoms with Crippen LogP contribution in [0.1, 0.15) is 24.8 Å². The highest BCUT2D eigenvalue weighted by molar-refractivity contribution is 5.84. The van der Waals surface area contributed by atoms with Gasteiger partial charge in [-0.3, -0.25) is 4.90 Å². The monoisotopic (exact) mass is 230 g/mol. The van der Waals surface area contributed by atoms with Crippen molar-refractivity contribution in [2.24, 2.45) is 0 Å². The Balaban J connectivity index is 1.84. The van der Waals surface area contributed by atoms with E-state index in [4.69, 9.17) is 0 Å². The third-order valence-electron chi connectivity index (χ3n) is 3.59. The van der Waals surface area contributed by atoms with Gasteiger partial charge in [0, 0.05) is 29.7 Å². The molecule has 17 heavy (non-hydrogen) atoms. The summed E-state index contributed by atoms with van der Waals surface area (Å²) in [6.45, 7) is 3.44. The van der Waals surface area contributed by atoms with Crippen LogP contribution in [-0.2, 0) is 6.54 Å². The summed E-state index contributed by atoms with van der Waals surface area (Å²) < 4.78 is 0. The number of phenols is 1. The van der Waals surface area contributed by atoms with Gasteiger partial charge in [-0.1, -0.05) is 6.42 Å². The first-order valence-corrected chi connectivity index (χ1v) is 6.34. The first-order valence-electron chi connectivity index (χ1n) is 6.34. The third kappa shape index (κ3) is 2.15. The van der Waals surface area contributed by atoms with Crippen LogP contribution in [0.15, 0.2) is 24.4 Å². The van der Waals surface area contributed by atoms with Crippen LogP contribution in [0.4, 0.5) is 0 Å². The number of benzene rings is 1. The molecule has 0 unspecified atom stereocenters. The fourth-order valence-corrected chi connectivity index (χ4v) is 2.66. The number of rotatable bonds is 2. The lowest BCUT2D eigenvalue weighted by molar-refractivity contribution is 0.221. The molecule has 2 aromatic rings. The second-order valence-corrected chi connectivity index (χ2v) is 4.88. The molecule has 0 aliphatic carbocycles. The number of aromatic hydroxyl groups is 1. The third-order valence-corrected chi connectivity index (χ3v) is 3.59. The van der Waals surface area contributed by atoms with E-state index in [1.165, 1.54) is 43.3 Å². The molecule has 1 fully saturated rings. The Bertz CT molecular complexity index is 512. The van der Waals surface area contributed by atoms with Crippen molar-refractivity contribution in [3.05, 3.63) is 30.0 Å². The van der Waals surface area contributed by atoms with Crippen LogP contribution < -0.4 is 0 Å². The molecule has 3 rings (SSSR count). The van der Waals surface area contributed by atoms with Crippen LogP contribution >= 0.6 is 0 Å². The summed E-state index contributed by atoms with van der Waals surface area (Å²) >= 11 is 0. The summed E-state index contributed by atoms with van der Waals surface area (Å²) in [5.74, 6) is 0.323. The predicted octanol–water partition coefficient (Wildman–Crippen LogP) is 2.86. The van der Waals surface area contributed by atoms with Crippen molar-refractivity contribution in [3.8, 4) is 5.75 Å². The molecule has 1 aliphatic rings. The van der Waals surface area contributed by atoms with Gasteiger partial charge in [-0.25, -0.2) is 0 Å². The number of aromatic amines is 1. The molecule has 0 bridgehead atoms. The Morgan fingerprint density at radius 3 is 2.82 bits per heavy atom. The molecule has 0 atom stereocenters. The average molecular weight is 230 g/mol. The summed E-state index contributed by atoms with van der Waals surface area (Å²) in [5.41, 5.74) is 2.36. The fraction of sp³-hybridized carbons (Fsp3) is 0.429. The average Bonchev–Trinajstić information content (AvgIpc) is 2.73. The van der Waals surface area contributed by atoms with Crippen LogP contribution in [0.25, 0.3) is 10.9 Å². The molecule has 1 aliphatic heterocycles. The largest absolute Gasteiger partial charge is 0.508 e. The second-order valence-electron chi connectivity index (χ2n) is 4.88. The molecule has 0 saturated carbocycles. The van der Waals surface area contributed by atoms with Crippen molar-refractivity contribution in [2.45, 2.75) is 25.8 Å². The van der Waals surface area contributed by atoms with Crippen molar-refractivity contribution in [2.75, 3.05) is 13.1 Å². The Morgan fingerprint density at radius 2 is 2.00 bits per heavy atom. The summed E-state index contributed by atoms with van der Waals surface area (Å²) in [6, 6.07) is 5.55. The van der Waals surface area contributed by atoms with Gasteiger partial charge in [-0.15, -0.1) is 0 Å². The Hall–Kier alpha value is -1.48. The van der Waals surface area contributed by atoms with Crippen molar-refractivity contribution < 1.29 is 5.11 Å². The highest BCUT2D eigenvalue weighted by atomic mass is 16.3. The van der Waals surface area contributed by atoms with Crippen molar-refractivity contribution in [3.63, 3.8) is 0 Å². The van der Waals surface area contributed by atoms with E-state index in [1.54, 1.807) is 12.1 Å². The van der Waals surface area contributed by atoms with Gasteiger partial charge in [0.2, 0.25) is 0 Å². The number of hydrogen-bond acceptors (Lipinski definition) is 2. The SMILES string of the molecule is Oc1ccc2c(CN3CCCCC3)c[nH]c2c1. The normalized spacial score (nSPS) is 17.6. The highest BCUT2D eigenvalue weighted by Gasteiger charge is 2.12. The van der Waals surface area contributed by atoms with Crippen molar-refractivity contribution in [1.82, 2.24) is 9.88 Å². The lowest BCUT2D eigenvalue weighted by Crippen LogP contribution is -2.28. The van der Waals surface area contributed by atoms with Gasteiger partial charge >= 0.3 is 0 Å². The maximum atomic E-state index is 9.43. The van der Waals surface area contributed by atoms with E-state index in [0.29, 0.717) is 5.75 Å². The Kier molecular flexibility index (Phi) is 2.77. The molecule has 3 heteroatoms. The van der Waals surface area contributed by atoms with Gasteiger partial charge in [-0.2, -0.15) is 0 Å². The Labute approximate surface area is 101 Å². The van der Waals surface area contributed by atoms with E-state index >= 15 is 0 Å². The van der Waals surface area contributed by atoms with Gasteiger partial charge in [0.05, 0.1) is 0 Å². The molecule has 1 aromatic carbocycles. The molecule has 0 spiro atoms. The van der Waals surface area contributed by atoms with Crippen LogP contribution in [0.5, 0.6) is 5.75 Å². The minimum Gasteiger partial charge on any atom is -0.508 e. The number of nitrogens with zero attached hydrogens (tertiary/aromatic N) is 1. The Morgan fingerprint density at radius 1 is 1.18 bits per heavy atom. The first kappa shape index (κ1) is 10.7. The number of nitrogens with one attached hydrogen (secondary N) is 1. The molecule has 2 heterocycles. The maximum absolute atomic E-state index is 9.43. The molecule has 90 valence electrons. The standard InChI is InChI=1S/C14H18N2O/c17-12-4-5-13-11(9-15-14(13)8-12)10-16-6-2-1-3-7-16/h4-5,8-9,15,17H,1-3,6-7,10H2. The van der Waals surface area contributed by atoms with Gasteiger partial charge in [-0.05, 0) is 43.6 Å². The van der Waals surface area contributed by atoms with Crippen LogP contribution in [0.2, 0.25) is 0 Å². The molecule has 3 nitrogen and oxygen atoms in total. The highest BCUT2D eigenvalue weighted by Crippen LogP contribution is 2.24. The molecular formula is C14H18N2O. The van der Waals surface area contributed by atoms with Crippen molar-refractivity contribution in [1.29, 1.82) is 0 Å². The number of phenolic OH excluding ortho intramolecular Hbond substituents is 1. The molecule has 1 saturated heterocycles. The van der Waals surface area contributed by atoms with Crippen molar-refractivity contribution >= 4 is 10.9 Å². The predicted molar refractivity (Wildman–Crippen MR) is 69.1 cm³/mol. The number of aromatic nitrogens is 1. The number of fused-ring (bicyclic) bond motifs is 1. The maximum Gasteiger partial charge on any atom is 0.117 e. The minimum absolute atomic E-state index is 0.323. The number of hydrogen-bond donors (Lipinski definition) is 2. The quantitative estimate of drug-likeness (QED) is 0.832. The number of H-pyrrole nitrogens is 1. The summed E-state index contributed by atoms with van der Waals surface area (Å²) in [6.07, 6.45) is 6.09. The number of likely N-dealkylation sites (tertiary alicyclic amines) is 1. The first-order chi connectivity index (χ1) is 8.33. The topological polar surface area (TPSA) is 39.3 Å². The molecule has 0 amide bonds. The molecule has 2 N–H and O–H groups in total. The van der Waals surface area contributed by atoms with Gasteiger partial charge < -0.3 is 10.1 Å². The molecule has 0 radical (unpaired) electrons. The second kappa shape index (κ2) is 4.41. The van der Waals surface area contributed by atoms with E-state index in [0.717, 1.165) is 12.1 Å². The van der Waals surface area contributed by atoms with Gasteiger partial charge in [0.1, 0.15) is 5.75 Å². The zero-order valence-electron chi connectivity index (χ0n) is 9.95. The van der Waals surface area contributed by atoms with Crippen LogP contribution in [0.3, 0.4) is 0 Å². The van der Waals surface area contributed by atoms with E-state index in [1.807, 2.05) is 6.07 Å². The lowest BCUT2D eigenvalue weighted by atomic mass is 10.1. The summed E-state index contributed by atoms with van der Waals surface area (Å²) in [4.78, 5) is 5.74. The zero-order valence-corrected chi connectivity index (χ0v) is 9.95. The van der Waals surface area contributed by atoms with Gasteiger partial charge in [0.25, 0.3) is 0 Å². The zero-order chi connectivity index (χ0) is 11.7. The fourth-order valence-electron chi connectivity index (χ4n) is 2.66. The summed E-state index contributed by atoms with van der Waals surface area (Å²) in [5, 5.41) is 10.7. The van der Waals surface area contributed by atoms with Gasteiger partial charge in [0.15, 0.2) is 0 Å².